The van der Waals surface area contributed by atoms with Gasteiger partial charge in [0, 0.05) is 6.08 Å². The summed E-state index contributed by atoms with van der Waals surface area (Å²) in [4.78, 5) is 11.0. The van der Waals surface area contributed by atoms with Crippen molar-refractivity contribution in [3.63, 3.8) is 0 Å². The molecule has 1 N–H and O–H groups in total. The summed E-state index contributed by atoms with van der Waals surface area (Å²) in [6, 6.07) is 16.1. The zero-order valence-corrected chi connectivity index (χ0v) is 12.5. The Morgan fingerprint density at radius 1 is 1.10 bits per heavy atom. The molecule has 0 atom stereocenters. The highest BCUT2D eigenvalue weighted by Gasteiger charge is 2.06. The molecular formula is C19H20O2. The van der Waals surface area contributed by atoms with E-state index in [1.807, 2.05) is 30.3 Å². The van der Waals surface area contributed by atoms with Gasteiger partial charge < -0.3 is 5.11 Å². The van der Waals surface area contributed by atoms with Crippen molar-refractivity contribution in [2.24, 2.45) is 0 Å². The van der Waals surface area contributed by atoms with Gasteiger partial charge in [-0.05, 0) is 49.0 Å². The summed E-state index contributed by atoms with van der Waals surface area (Å²) in [5.74, 6) is -0.894. The molecule has 0 unspecified atom stereocenters. The van der Waals surface area contributed by atoms with Gasteiger partial charge in [0.05, 0.1) is 0 Å². The van der Waals surface area contributed by atoms with Gasteiger partial charge in [-0.2, -0.15) is 0 Å². The molecule has 0 aliphatic carbocycles. The van der Waals surface area contributed by atoms with E-state index in [0.717, 1.165) is 24.0 Å². The molecule has 0 spiro atoms. The zero-order valence-electron chi connectivity index (χ0n) is 12.5. The molecule has 0 saturated heterocycles. The van der Waals surface area contributed by atoms with Crippen LogP contribution in [0, 0.1) is 13.8 Å². The molecule has 0 bridgehead atoms. The Labute approximate surface area is 125 Å². The van der Waals surface area contributed by atoms with Crippen molar-refractivity contribution >= 4 is 11.5 Å². The fraction of sp³-hybridized carbons (Fsp3) is 0.211. The normalized spacial score (nSPS) is 11.4. The van der Waals surface area contributed by atoms with Crippen molar-refractivity contribution < 1.29 is 9.90 Å². The summed E-state index contributed by atoms with van der Waals surface area (Å²) < 4.78 is 0. The first-order chi connectivity index (χ1) is 10.1. The molecule has 21 heavy (non-hydrogen) atoms. The molecular weight excluding hydrogens is 260 g/mol. The van der Waals surface area contributed by atoms with E-state index in [4.69, 9.17) is 5.11 Å². The quantitative estimate of drug-likeness (QED) is 0.824. The van der Waals surface area contributed by atoms with E-state index in [0.29, 0.717) is 0 Å². The number of allylic oxidation sites excluding steroid dienone is 1. The summed E-state index contributed by atoms with van der Waals surface area (Å²) >= 11 is 0. The highest BCUT2D eigenvalue weighted by molar-refractivity contribution is 5.90. The van der Waals surface area contributed by atoms with Crippen LogP contribution in [0.25, 0.3) is 5.57 Å². The van der Waals surface area contributed by atoms with Crippen LogP contribution < -0.4 is 0 Å². The molecule has 2 aromatic carbocycles. The minimum atomic E-state index is -0.894. The van der Waals surface area contributed by atoms with E-state index in [1.54, 1.807) is 0 Å². The van der Waals surface area contributed by atoms with E-state index in [-0.39, 0.29) is 0 Å². The first-order valence-corrected chi connectivity index (χ1v) is 7.11. The van der Waals surface area contributed by atoms with E-state index in [2.05, 4.69) is 32.0 Å². The average Bonchev–Trinajstić information content (AvgIpc) is 2.45. The lowest BCUT2D eigenvalue weighted by Gasteiger charge is -2.10. The highest BCUT2D eigenvalue weighted by Crippen LogP contribution is 2.22. The first-order valence-electron chi connectivity index (χ1n) is 7.11. The van der Waals surface area contributed by atoms with Crippen LogP contribution >= 0.6 is 0 Å². The van der Waals surface area contributed by atoms with Gasteiger partial charge in [0.1, 0.15) is 0 Å². The lowest BCUT2D eigenvalue weighted by molar-refractivity contribution is -0.131. The topological polar surface area (TPSA) is 37.3 Å². The Hall–Kier alpha value is -2.35. The number of hydrogen-bond donors (Lipinski definition) is 1. The summed E-state index contributed by atoms with van der Waals surface area (Å²) in [6.45, 7) is 4.18. The minimum absolute atomic E-state index is 0.722. The van der Waals surface area contributed by atoms with Crippen molar-refractivity contribution in [3.8, 4) is 0 Å². The Balaban J connectivity index is 2.19. The minimum Gasteiger partial charge on any atom is -0.478 e. The molecule has 108 valence electrons. The van der Waals surface area contributed by atoms with Crippen molar-refractivity contribution in [2.45, 2.75) is 26.7 Å². The second-order valence-electron chi connectivity index (χ2n) is 5.30. The molecule has 0 aliphatic heterocycles. The SMILES string of the molecule is Cc1ccc(CC/C(=C/C(=O)O)c2ccccc2)c(C)c1. The van der Waals surface area contributed by atoms with Crippen LogP contribution in [0.4, 0.5) is 0 Å². The standard InChI is InChI=1S/C19H20O2/c1-14-8-9-16(15(2)12-14)10-11-18(13-19(20)21)17-6-4-3-5-7-17/h3-9,12-13H,10-11H2,1-2H3,(H,20,21)/b18-13-. The maximum absolute atomic E-state index is 11.0. The second kappa shape index (κ2) is 6.89. The van der Waals surface area contributed by atoms with Crippen LogP contribution in [0.1, 0.15) is 28.7 Å². The zero-order chi connectivity index (χ0) is 15.2. The summed E-state index contributed by atoms with van der Waals surface area (Å²) in [5, 5.41) is 9.06. The van der Waals surface area contributed by atoms with E-state index in [9.17, 15) is 4.79 Å². The van der Waals surface area contributed by atoms with Crippen LogP contribution in [0.5, 0.6) is 0 Å². The molecule has 0 saturated carbocycles. The maximum Gasteiger partial charge on any atom is 0.328 e. The van der Waals surface area contributed by atoms with Crippen molar-refractivity contribution in [1.29, 1.82) is 0 Å². The van der Waals surface area contributed by atoms with Gasteiger partial charge in [-0.3, -0.25) is 0 Å². The van der Waals surface area contributed by atoms with Crippen LogP contribution in [-0.2, 0) is 11.2 Å². The number of carbonyl (C=O) groups is 1. The van der Waals surface area contributed by atoms with Crippen molar-refractivity contribution in [3.05, 3.63) is 76.9 Å². The van der Waals surface area contributed by atoms with Crippen molar-refractivity contribution in [1.82, 2.24) is 0 Å². The number of carboxylic acids is 1. The predicted octanol–water partition coefficient (Wildman–Crippen LogP) is 4.40. The molecule has 2 nitrogen and oxygen atoms in total. The Kier molecular flexibility index (Phi) is 4.94. The Morgan fingerprint density at radius 2 is 1.81 bits per heavy atom. The molecule has 0 radical (unpaired) electrons. The predicted molar refractivity (Wildman–Crippen MR) is 86.3 cm³/mol. The fourth-order valence-electron chi connectivity index (χ4n) is 2.50. The van der Waals surface area contributed by atoms with E-state index in [1.165, 1.54) is 22.8 Å². The highest BCUT2D eigenvalue weighted by atomic mass is 16.4. The van der Waals surface area contributed by atoms with Gasteiger partial charge in [-0.25, -0.2) is 4.79 Å². The molecule has 0 fully saturated rings. The Bertz CT molecular complexity index is 655. The summed E-state index contributed by atoms with van der Waals surface area (Å²) in [6.07, 6.45) is 2.89. The van der Waals surface area contributed by atoms with Gasteiger partial charge in [0.15, 0.2) is 0 Å². The number of hydrogen-bond acceptors (Lipinski definition) is 1. The molecule has 0 heterocycles. The monoisotopic (exact) mass is 280 g/mol. The van der Waals surface area contributed by atoms with Crippen LogP contribution in [0.3, 0.4) is 0 Å². The van der Waals surface area contributed by atoms with Gasteiger partial charge in [-0.1, -0.05) is 54.1 Å². The molecule has 0 aromatic heterocycles. The Morgan fingerprint density at radius 3 is 2.43 bits per heavy atom. The maximum atomic E-state index is 11.0. The third-order valence-electron chi connectivity index (χ3n) is 3.60. The number of benzene rings is 2. The summed E-state index contributed by atoms with van der Waals surface area (Å²) in [7, 11) is 0. The number of aryl methyl sites for hydroxylation is 3. The third kappa shape index (κ3) is 4.32. The molecule has 2 aromatic rings. The third-order valence-corrected chi connectivity index (χ3v) is 3.60. The van der Waals surface area contributed by atoms with Gasteiger partial charge in [-0.15, -0.1) is 0 Å². The number of rotatable bonds is 5. The first kappa shape index (κ1) is 15.0. The molecule has 0 aliphatic rings. The average molecular weight is 280 g/mol. The van der Waals surface area contributed by atoms with Crippen LogP contribution in [0.15, 0.2) is 54.6 Å². The fourth-order valence-corrected chi connectivity index (χ4v) is 2.50. The largest absolute Gasteiger partial charge is 0.478 e. The molecule has 0 amide bonds. The van der Waals surface area contributed by atoms with Crippen LogP contribution in [-0.4, -0.2) is 11.1 Å². The number of carboxylic acid groups (broad SMARTS) is 1. The molecule has 2 heteroatoms. The lowest BCUT2D eigenvalue weighted by atomic mass is 9.95. The van der Waals surface area contributed by atoms with Gasteiger partial charge >= 0.3 is 5.97 Å². The second-order valence-corrected chi connectivity index (χ2v) is 5.30. The molecule has 2 rings (SSSR count). The number of aliphatic carboxylic acids is 1. The lowest BCUT2D eigenvalue weighted by Crippen LogP contribution is -1.96. The van der Waals surface area contributed by atoms with Crippen molar-refractivity contribution in [2.75, 3.05) is 0 Å². The summed E-state index contributed by atoms with van der Waals surface area (Å²) in [5.41, 5.74) is 5.62. The van der Waals surface area contributed by atoms with E-state index >= 15 is 0 Å². The van der Waals surface area contributed by atoms with Gasteiger partial charge in [0.2, 0.25) is 0 Å². The van der Waals surface area contributed by atoms with E-state index < -0.39 is 5.97 Å². The van der Waals surface area contributed by atoms with Gasteiger partial charge in [0.25, 0.3) is 0 Å². The smallest absolute Gasteiger partial charge is 0.328 e. The van der Waals surface area contributed by atoms with Crippen LogP contribution in [0.2, 0.25) is 0 Å².